The summed E-state index contributed by atoms with van der Waals surface area (Å²) in [5.41, 5.74) is 4.15. The first-order chi connectivity index (χ1) is 11.6. The van der Waals surface area contributed by atoms with Crippen molar-refractivity contribution in [3.63, 3.8) is 0 Å². The number of hydrogen-bond acceptors (Lipinski definition) is 1. The maximum atomic E-state index is 10.6. The fourth-order valence-electron chi connectivity index (χ4n) is 4.15. The molecule has 1 fully saturated rings. The van der Waals surface area contributed by atoms with Gasteiger partial charge < -0.3 is 5.11 Å². The van der Waals surface area contributed by atoms with Gasteiger partial charge >= 0.3 is 5.97 Å². The number of unbranched alkanes of at least 4 members (excludes halogenated alkanes) is 2. The predicted molar refractivity (Wildman–Crippen MR) is 101 cm³/mol. The number of carbonyl (C=O) groups is 1. The standard InChI is InChI=1S/C22H34O2/c1-3-4-5-7-18-10-12-20(13-11-18)21-15-14-19(17(2)16-21)8-6-9-22(23)24/h14-16,18,20H,3-13H2,1-2H3,(H,23,24)/t18-,20-. The van der Waals surface area contributed by atoms with Gasteiger partial charge in [0.15, 0.2) is 0 Å². The molecular formula is C22H34O2. The summed E-state index contributed by atoms with van der Waals surface area (Å²) in [5.74, 6) is 1.00. The van der Waals surface area contributed by atoms with Crippen molar-refractivity contribution in [2.75, 3.05) is 0 Å². The number of carboxylic acids is 1. The number of carboxylic acid groups (broad SMARTS) is 1. The molecule has 134 valence electrons. The van der Waals surface area contributed by atoms with E-state index >= 15 is 0 Å². The topological polar surface area (TPSA) is 37.3 Å². The van der Waals surface area contributed by atoms with Gasteiger partial charge in [0.1, 0.15) is 0 Å². The van der Waals surface area contributed by atoms with Crippen LogP contribution in [0.4, 0.5) is 0 Å². The van der Waals surface area contributed by atoms with E-state index in [9.17, 15) is 4.79 Å². The lowest BCUT2D eigenvalue weighted by Gasteiger charge is -2.29. The van der Waals surface area contributed by atoms with E-state index in [1.807, 2.05) is 0 Å². The minimum absolute atomic E-state index is 0.267. The Morgan fingerprint density at radius 3 is 2.50 bits per heavy atom. The van der Waals surface area contributed by atoms with Crippen molar-refractivity contribution in [1.82, 2.24) is 0 Å². The molecular weight excluding hydrogens is 296 g/mol. The van der Waals surface area contributed by atoms with Crippen LogP contribution in [-0.4, -0.2) is 11.1 Å². The summed E-state index contributed by atoms with van der Waals surface area (Å²) >= 11 is 0. The lowest BCUT2D eigenvalue weighted by molar-refractivity contribution is -0.137. The van der Waals surface area contributed by atoms with Crippen molar-refractivity contribution < 1.29 is 9.90 Å². The molecule has 24 heavy (non-hydrogen) atoms. The Labute approximate surface area is 147 Å². The molecule has 0 bridgehead atoms. The van der Waals surface area contributed by atoms with Crippen LogP contribution < -0.4 is 0 Å². The van der Waals surface area contributed by atoms with Crippen LogP contribution in [0, 0.1) is 12.8 Å². The van der Waals surface area contributed by atoms with Gasteiger partial charge in [-0.2, -0.15) is 0 Å². The first-order valence-electron chi connectivity index (χ1n) is 9.91. The smallest absolute Gasteiger partial charge is 0.303 e. The van der Waals surface area contributed by atoms with E-state index in [-0.39, 0.29) is 6.42 Å². The van der Waals surface area contributed by atoms with E-state index < -0.39 is 5.97 Å². The average Bonchev–Trinajstić information content (AvgIpc) is 2.57. The summed E-state index contributed by atoms with van der Waals surface area (Å²) in [6, 6.07) is 6.89. The van der Waals surface area contributed by atoms with Crippen molar-refractivity contribution in [1.29, 1.82) is 0 Å². The SMILES string of the molecule is CCCCC[C@H]1CC[C@H](c2ccc(CCCC(=O)O)c(C)c2)CC1. The normalized spacial score (nSPS) is 20.9. The highest BCUT2D eigenvalue weighted by Crippen LogP contribution is 2.38. The van der Waals surface area contributed by atoms with Gasteiger partial charge in [-0.1, -0.05) is 50.8 Å². The molecule has 0 heterocycles. The summed E-state index contributed by atoms with van der Waals surface area (Å²) < 4.78 is 0. The second-order valence-electron chi connectivity index (χ2n) is 7.65. The third kappa shape index (κ3) is 5.96. The van der Waals surface area contributed by atoms with Crippen LogP contribution in [-0.2, 0) is 11.2 Å². The van der Waals surface area contributed by atoms with Crippen LogP contribution in [0.15, 0.2) is 18.2 Å². The zero-order valence-corrected chi connectivity index (χ0v) is 15.5. The predicted octanol–water partition coefficient (Wildman–Crippen LogP) is 6.26. The Morgan fingerprint density at radius 1 is 1.12 bits per heavy atom. The van der Waals surface area contributed by atoms with Gasteiger partial charge in [0.2, 0.25) is 0 Å². The van der Waals surface area contributed by atoms with Crippen molar-refractivity contribution in [2.24, 2.45) is 5.92 Å². The second-order valence-corrected chi connectivity index (χ2v) is 7.65. The highest BCUT2D eigenvalue weighted by Gasteiger charge is 2.22. The summed E-state index contributed by atoms with van der Waals surface area (Å²) in [5, 5.41) is 8.76. The van der Waals surface area contributed by atoms with Crippen molar-refractivity contribution in [3.05, 3.63) is 34.9 Å². The number of aliphatic carboxylic acids is 1. The van der Waals surface area contributed by atoms with Gasteiger partial charge in [0.25, 0.3) is 0 Å². The van der Waals surface area contributed by atoms with Gasteiger partial charge in [-0.05, 0) is 74.0 Å². The molecule has 2 rings (SSSR count). The zero-order chi connectivity index (χ0) is 17.4. The van der Waals surface area contributed by atoms with Crippen LogP contribution in [0.2, 0.25) is 0 Å². The number of aryl methyl sites for hydroxylation is 2. The molecule has 2 nitrogen and oxygen atoms in total. The van der Waals surface area contributed by atoms with E-state index in [1.165, 1.54) is 68.1 Å². The van der Waals surface area contributed by atoms with Crippen LogP contribution in [0.1, 0.15) is 93.7 Å². The van der Waals surface area contributed by atoms with Crippen molar-refractivity contribution in [3.8, 4) is 0 Å². The number of rotatable bonds is 9. The van der Waals surface area contributed by atoms with Crippen molar-refractivity contribution in [2.45, 2.75) is 90.4 Å². The fraction of sp³-hybridized carbons (Fsp3) is 0.682. The fourth-order valence-corrected chi connectivity index (χ4v) is 4.15. The van der Waals surface area contributed by atoms with E-state index in [0.717, 1.165) is 24.7 Å². The number of benzene rings is 1. The monoisotopic (exact) mass is 330 g/mol. The lowest BCUT2D eigenvalue weighted by Crippen LogP contribution is -2.13. The maximum absolute atomic E-state index is 10.6. The Morgan fingerprint density at radius 2 is 1.88 bits per heavy atom. The van der Waals surface area contributed by atoms with Gasteiger partial charge in [-0.15, -0.1) is 0 Å². The molecule has 2 heteroatoms. The molecule has 0 saturated heterocycles. The zero-order valence-electron chi connectivity index (χ0n) is 15.5. The minimum Gasteiger partial charge on any atom is -0.481 e. The molecule has 0 spiro atoms. The van der Waals surface area contributed by atoms with Gasteiger partial charge in [-0.3, -0.25) is 4.79 Å². The first-order valence-corrected chi connectivity index (χ1v) is 9.91. The Hall–Kier alpha value is -1.31. The molecule has 1 aromatic carbocycles. The Bertz CT molecular complexity index is 513. The molecule has 0 amide bonds. The van der Waals surface area contributed by atoms with Gasteiger partial charge in [0.05, 0.1) is 0 Å². The van der Waals surface area contributed by atoms with Crippen LogP contribution >= 0.6 is 0 Å². The van der Waals surface area contributed by atoms with Crippen LogP contribution in [0.5, 0.6) is 0 Å². The maximum Gasteiger partial charge on any atom is 0.303 e. The molecule has 0 atom stereocenters. The molecule has 1 aliphatic rings. The quantitative estimate of drug-likeness (QED) is 0.543. The third-order valence-electron chi connectivity index (χ3n) is 5.74. The van der Waals surface area contributed by atoms with Crippen LogP contribution in [0.25, 0.3) is 0 Å². The van der Waals surface area contributed by atoms with E-state index in [0.29, 0.717) is 0 Å². The third-order valence-corrected chi connectivity index (χ3v) is 5.74. The molecule has 0 unspecified atom stereocenters. The molecule has 0 aliphatic heterocycles. The molecule has 0 aromatic heterocycles. The highest BCUT2D eigenvalue weighted by molar-refractivity contribution is 5.66. The van der Waals surface area contributed by atoms with Gasteiger partial charge in [-0.25, -0.2) is 0 Å². The molecule has 1 saturated carbocycles. The Balaban J connectivity index is 1.83. The summed E-state index contributed by atoms with van der Waals surface area (Å²) in [6.07, 6.45) is 12.9. The number of hydrogen-bond donors (Lipinski definition) is 1. The summed E-state index contributed by atoms with van der Waals surface area (Å²) in [4.78, 5) is 10.6. The van der Waals surface area contributed by atoms with Crippen molar-refractivity contribution >= 4 is 5.97 Å². The van der Waals surface area contributed by atoms with E-state index in [2.05, 4.69) is 32.0 Å². The molecule has 1 aromatic rings. The summed E-state index contributed by atoms with van der Waals surface area (Å²) in [7, 11) is 0. The second kappa shape index (κ2) is 9.86. The lowest BCUT2D eigenvalue weighted by atomic mass is 9.76. The summed E-state index contributed by atoms with van der Waals surface area (Å²) in [6.45, 7) is 4.46. The van der Waals surface area contributed by atoms with E-state index in [4.69, 9.17) is 5.11 Å². The van der Waals surface area contributed by atoms with E-state index in [1.54, 1.807) is 0 Å². The molecule has 0 radical (unpaired) electrons. The van der Waals surface area contributed by atoms with Crippen LogP contribution in [0.3, 0.4) is 0 Å². The molecule has 1 N–H and O–H groups in total. The largest absolute Gasteiger partial charge is 0.481 e. The first kappa shape index (κ1) is 19.0. The molecule has 1 aliphatic carbocycles. The highest BCUT2D eigenvalue weighted by atomic mass is 16.4. The minimum atomic E-state index is -0.694. The Kier molecular flexibility index (Phi) is 7.81. The van der Waals surface area contributed by atoms with Gasteiger partial charge in [0, 0.05) is 6.42 Å². The average molecular weight is 331 g/mol.